The molecule has 1 aliphatic rings. The molecule has 1 aliphatic heterocycles. The minimum absolute atomic E-state index is 0.00488. The zero-order valence-corrected chi connectivity index (χ0v) is 22.1. The SMILES string of the molecule is CCN1C(=O)C(Nc2cccc3ncccc23)=C(C(=O)OC(=O)OC)C(c2ccccc2)N1Cc1ccccc1. The van der Waals surface area contributed by atoms with Crippen LogP contribution in [-0.2, 0) is 25.6 Å². The highest BCUT2D eigenvalue weighted by Crippen LogP contribution is 2.39. The smallest absolute Gasteiger partial charge is 0.437 e. The van der Waals surface area contributed by atoms with Gasteiger partial charge in [-0.15, -0.1) is 0 Å². The summed E-state index contributed by atoms with van der Waals surface area (Å²) in [4.78, 5) is 44.4. The molecule has 3 aromatic carbocycles. The summed E-state index contributed by atoms with van der Waals surface area (Å²) < 4.78 is 9.67. The highest BCUT2D eigenvalue weighted by molar-refractivity contribution is 6.09. The quantitative estimate of drug-likeness (QED) is 0.253. The van der Waals surface area contributed by atoms with Gasteiger partial charge in [-0.25, -0.2) is 14.6 Å². The molecular weight excluding hydrogens is 508 g/mol. The van der Waals surface area contributed by atoms with Gasteiger partial charge in [-0.3, -0.25) is 14.8 Å². The molecule has 40 heavy (non-hydrogen) atoms. The van der Waals surface area contributed by atoms with Crippen LogP contribution in [0.1, 0.15) is 24.1 Å². The minimum atomic E-state index is -1.17. The summed E-state index contributed by atoms with van der Waals surface area (Å²) in [6.45, 7) is 2.52. The molecule has 9 nitrogen and oxygen atoms in total. The van der Waals surface area contributed by atoms with Crippen molar-refractivity contribution in [3.8, 4) is 0 Å². The normalized spacial score (nSPS) is 15.7. The van der Waals surface area contributed by atoms with E-state index in [1.165, 1.54) is 0 Å². The van der Waals surface area contributed by atoms with E-state index in [1.54, 1.807) is 23.3 Å². The van der Waals surface area contributed by atoms with Crippen LogP contribution in [0.4, 0.5) is 10.5 Å². The Labute approximate surface area is 231 Å². The Morgan fingerprint density at radius 2 is 1.65 bits per heavy atom. The number of carbonyl (C=O) groups excluding carboxylic acids is 3. The fourth-order valence-corrected chi connectivity index (χ4v) is 4.89. The number of pyridine rings is 1. The lowest BCUT2D eigenvalue weighted by atomic mass is 9.93. The fraction of sp³-hybridized carbons (Fsp3) is 0.161. The number of aromatic nitrogens is 1. The molecule has 0 fully saturated rings. The number of fused-ring (bicyclic) bond motifs is 1. The number of hydrogen-bond donors (Lipinski definition) is 1. The molecule has 0 radical (unpaired) electrons. The van der Waals surface area contributed by atoms with Gasteiger partial charge in [0.05, 0.1) is 24.2 Å². The Bertz CT molecular complexity index is 1570. The van der Waals surface area contributed by atoms with E-state index in [2.05, 4.69) is 15.0 Å². The average Bonchev–Trinajstić information content (AvgIpc) is 2.99. The lowest BCUT2D eigenvalue weighted by molar-refractivity contribution is -0.156. The second-order valence-electron chi connectivity index (χ2n) is 9.05. The van der Waals surface area contributed by atoms with Crippen LogP contribution in [0.3, 0.4) is 0 Å². The first-order chi connectivity index (χ1) is 19.5. The maximum Gasteiger partial charge on any atom is 0.516 e. The van der Waals surface area contributed by atoms with Crippen molar-refractivity contribution in [1.82, 2.24) is 15.0 Å². The number of rotatable bonds is 7. The van der Waals surface area contributed by atoms with Crippen LogP contribution in [0.15, 0.2) is 108 Å². The van der Waals surface area contributed by atoms with Crippen LogP contribution < -0.4 is 5.32 Å². The molecule has 1 aromatic heterocycles. The van der Waals surface area contributed by atoms with Gasteiger partial charge >= 0.3 is 12.1 Å². The summed E-state index contributed by atoms with van der Waals surface area (Å²) in [5, 5.41) is 7.41. The lowest BCUT2D eigenvalue weighted by Gasteiger charge is -2.45. The Hall–Kier alpha value is -5.02. The number of amides is 1. The number of benzene rings is 3. The highest BCUT2D eigenvalue weighted by atomic mass is 16.7. The maximum atomic E-state index is 14.2. The monoisotopic (exact) mass is 536 g/mol. The first-order valence-electron chi connectivity index (χ1n) is 12.8. The second-order valence-corrected chi connectivity index (χ2v) is 9.05. The molecule has 0 aliphatic carbocycles. The Morgan fingerprint density at radius 3 is 2.35 bits per heavy atom. The van der Waals surface area contributed by atoms with E-state index in [9.17, 15) is 14.4 Å². The number of esters is 1. The number of likely N-dealkylation sites (N-methyl/N-ethyl adjacent to an activating group) is 1. The molecule has 4 aromatic rings. The van der Waals surface area contributed by atoms with Crippen molar-refractivity contribution in [2.75, 3.05) is 19.0 Å². The van der Waals surface area contributed by atoms with Gasteiger partial charge in [-0.2, -0.15) is 0 Å². The Morgan fingerprint density at radius 1 is 0.925 bits per heavy atom. The fourth-order valence-electron chi connectivity index (χ4n) is 4.89. The number of nitrogens with one attached hydrogen (secondary N) is 1. The second kappa shape index (κ2) is 11.8. The van der Waals surface area contributed by atoms with Crippen LogP contribution in [0.25, 0.3) is 10.9 Å². The van der Waals surface area contributed by atoms with E-state index in [0.29, 0.717) is 24.3 Å². The zero-order chi connectivity index (χ0) is 28.1. The van der Waals surface area contributed by atoms with Gasteiger partial charge in [0.15, 0.2) is 0 Å². The summed E-state index contributed by atoms with van der Waals surface area (Å²) in [6, 6.07) is 27.3. The third-order valence-electron chi connectivity index (χ3n) is 6.67. The molecule has 5 rings (SSSR count). The van der Waals surface area contributed by atoms with Gasteiger partial charge in [0.25, 0.3) is 5.91 Å². The first kappa shape index (κ1) is 26.6. The van der Waals surface area contributed by atoms with Crippen LogP contribution in [0.2, 0.25) is 0 Å². The van der Waals surface area contributed by atoms with Crippen LogP contribution in [0.5, 0.6) is 0 Å². The number of methoxy groups -OCH3 is 1. The van der Waals surface area contributed by atoms with Crippen LogP contribution in [-0.4, -0.2) is 46.7 Å². The van der Waals surface area contributed by atoms with Crippen molar-refractivity contribution in [3.63, 3.8) is 0 Å². The first-order valence-corrected chi connectivity index (χ1v) is 12.8. The van der Waals surface area contributed by atoms with Gasteiger partial charge in [-0.05, 0) is 42.3 Å². The lowest BCUT2D eigenvalue weighted by Crippen LogP contribution is -2.54. The predicted molar refractivity (Wildman–Crippen MR) is 149 cm³/mol. The van der Waals surface area contributed by atoms with E-state index in [4.69, 9.17) is 4.74 Å². The van der Waals surface area contributed by atoms with Gasteiger partial charge < -0.3 is 14.8 Å². The molecule has 0 saturated heterocycles. The van der Waals surface area contributed by atoms with Crippen molar-refractivity contribution in [2.24, 2.45) is 0 Å². The minimum Gasteiger partial charge on any atom is -0.437 e. The molecule has 1 unspecified atom stereocenters. The van der Waals surface area contributed by atoms with Gasteiger partial charge in [0.2, 0.25) is 0 Å². The van der Waals surface area contributed by atoms with E-state index in [-0.39, 0.29) is 11.3 Å². The van der Waals surface area contributed by atoms with Crippen molar-refractivity contribution in [2.45, 2.75) is 19.5 Å². The molecule has 1 amide bonds. The standard InChI is InChI=1S/C31H28N4O5/c1-3-34-29(36)27(33-25-18-10-17-24-23(25)16-11-19-32-24)26(30(37)40-31(38)39-2)28(22-14-8-5-9-15-22)35(34)20-21-12-6-4-7-13-21/h4-19,28,33H,3,20H2,1-2H3. The molecule has 0 saturated carbocycles. The molecule has 9 heteroatoms. The van der Waals surface area contributed by atoms with Crippen molar-refractivity contribution in [3.05, 3.63) is 120 Å². The van der Waals surface area contributed by atoms with Crippen molar-refractivity contribution in [1.29, 1.82) is 0 Å². The van der Waals surface area contributed by atoms with E-state index >= 15 is 0 Å². The largest absolute Gasteiger partial charge is 0.516 e. The highest BCUT2D eigenvalue weighted by Gasteiger charge is 2.44. The van der Waals surface area contributed by atoms with Crippen molar-refractivity contribution >= 4 is 34.6 Å². The molecule has 1 atom stereocenters. The van der Waals surface area contributed by atoms with E-state index < -0.39 is 24.1 Å². The molecule has 0 spiro atoms. The van der Waals surface area contributed by atoms with Gasteiger partial charge in [0, 0.05) is 30.4 Å². The van der Waals surface area contributed by atoms with E-state index in [1.807, 2.05) is 90.8 Å². The van der Waals surface area contributed by atoms with E-state index in [0.717, 1.165) is 23.6 Å². The molecule has 0 bridgehead atoms. The third-order valence-corrected chi connectivity index (χ3v) is 6.67. The molecule has 202 valence electrons. The maximum absolute atomic E-state index is 14.2. The summed E-state index contributed by atoms with van der Waals surface area (Å²) in [5.41, 5.74) is 2.96. The average molecular weight is 537 g/mol. The number of carbonyl (C=O) groups is 3. The van der Waals surface area contributed by atoms with Gasteiger partial charge in [0.1, 0.15) is 5.70 Å². The van der Waals surface area contributed by atoms with Crippen LogP contribution in [0, 0.1) is 0 Å². The number of hydrogen-bond acceptors (Lipinski definition) is 8. The predicted octanol–water partition coefficient (Wildman–Crippen LogP) is 5.23. The number of hydrazine groups is 1. The topological polar surface area (TPSA) is 101 Å². The number of nitrogens with zero attached hydrogens (tertiary/aromatic N) is 3. The van der Waals surface area contributed by atoms with Gasteiger partial charge in [-0.1, -0.05) is 66.7 Å². The third kappa shape index (κ3) is 5.27. The number of ether oxygens (including phenoxy) is 2. The van der Waals surface area contributed by atoms with Crippen LogP contribution >= 0.6 is 0 Å². The zero-order valence-electron chi connectivity index (χ0n) is 22.1. The Kier molecular flexibility index (Phi) is 7.84. The summed E-state index contributed by atoms with van der Waals surface area (Å²) in [7, 11) is 1.12. The van der Waals surface area contributed by atoms with Crippen molar-refractivity contribution < 1.29 is 23.9 Å². The molecule has 1 N–H and O–H groups in total. The molecular formula is C31H28N4O5. The summed E-state index contributed by atoms with van der Waals surface area (Å²) in [5.74, 6) is -1.42. The Balaban J connectivity index is 1.73. The molecule has 2 heterocycles. The summed E-state index contributed by atoms with van der Waals surface area (Å²) >= 11 is 0. The number of anilines is 1. The summed E-state index contributed by atoms with van der Waals surface area (Å²) in [6.07, 6.45) is 0.514.